The van der Waals surface area contributed by atoms with Gasteiger partial charge in [0.05, 0.1) is 10.8 Å². The maximum atomic E-state index is 12.6. The van der Waals surface area contributed by atoms with E-state index in [2.05, 4.69) is 10.3 Å². The standard InChI is InChI=1S/C19H24N4O4S2/c1-4-22(5-2)29(26,27)16-8-6-15(7-9-16)23-12-14(10-17(23)24)18(25)21-19-20-11-13(3)28-19/h6-9,11,14H,4-5,10,12H2,1-3H3,(H,20,21,25)/t14-/m1/s1. The lowest BCUT2D eigenvalue weighted by Crippen LogP contribution is -2.31. The zero-order chi connectivity index (χ0) is 21.2. The minimum absolute atomic E-state index is 0.107. The average molecular weight is 437 g/mol. The van der Waals surface area contributed by atoms with Gasteiger partial charge in [0.2, 0.25) is 21.8 Å². The van der Waals surface area contributed by atoms with Gasteiger partial charge in [0, 0.05) is 42.8 Å². The number of carbonyl (C=O) groups is 2. The normalized spacial score (nSPS) is 17.2. The Labute approximate surface area is 174 Å². The van der Waals surface area contributed by atoms with E-state index in [1.165, 1.54) is 32.7 Å². The number of anilines is 2. The molecule has 2 heterocycles. The molecule has 1 fully saturated rings. The van der Waals surface area contributed by atoms with Gasteiger partial charge >= 0.3 is 0 Å². The number of sulfonamides is 1. The van der Waals surface area contributed by atoms with Crippen LogP contribution in [-0.2, 0) is 19.6 Å². The maximum absolute atomic E-state index is 12.6. The zero-order valence-corrected chi connectivity index (χ0v) is 18.2. The SMILES string of the molecule is CCN(CC)S(=O)(=O)c1ccc(N2C[C@H](C(=O)Nc3ncc(C)s3)CC2=O)cc1. The van der Waals surface area contributed by atoms with E-state index in [1.54, 1.807) is 32.2 Å². The fraction of sp³-hybridized carbons (Fsp3) is 0.421. The Kier molecular flexibility index (Phi) is 6.35. The molecule has 29 heavy (non-hydrogen) atoms. The van der Waals surface area contributed by atoms with Gasteiger partial charge in [-0.1, -0.05) is 13.8 Å². The minimum atomic E-state index is -3.55. The van der Waals surface area contributed by atoms with Crippen molar-refractivity contribution in [1.29, 1.82) is 0 Å². The number of benzene rings is 1. The molecule has 0 spiro atoms. The van der Waals surface area contributed by atoms with Crippen molar-refractivity contribution in [1.82, 2.24) is 9.29 Å². The van der Waals surface area contributed by atoms with Gasteiger partial charge in [0.15, 0.2) is 5.13 Å². The van der Waals surface area contributed by atoms with E-state index in [1.807, 2.05) is 6.92 Å². The largest absolute Gasteiger partial charge is 0.312 e. The van der Waals surface area contributed by atoms with E-state index in [0.717, 1.165) is 4.88 Å². The van der Waals surface area contributed by atoms with Crippen molar-refractivity contribution in [3.63, 3.8) is 0 Å². The Balaban J connectivity index is 1.71. The predicted octanol–water partition coefficient (Wildman–Crippen LogP) is 2.47. The first-order chi connectivity index (χ1) is 13.8. The van der Waals surface area contributed by atoms with Gasteiger partial charge in [-0.25, -0.2) is 13.4 Å². The van der Waals surface area contributed by atoms with Crippen LogP contribution in [0.3, 0.4) is 0 Å². The Morgan fingerprint density at radius 3 is 2.48 bits per heavy atom. The molecule has 1 N–H and O–H groups in total. The van der Waals surface area contributed by atoms with E-state index in [-0.39, 0.29) is 29.7 Å². The summed E-state index contributed by atoms with van der Waals surface area (Å²) in [5, 5.41) is 3.27. The highest BCUT2D eigenvalue weighted by Crippen LogP contribution is 2.28. The minimum Gasteiger partial charge on any atom is -0.312 e. The summed E-state index contributed by atoms with van der Waals surface area (Å²) in [6, 6.07) is 6.22. The summed E-state index contributed by atoms with van der Waals surface area (Å²) in [7, 11) is -3.55. The van der Waals surface area contributed by atoms with Crippen LogP contribution in [0, 0.1) is 12.8 Å². The Hall–Kier alpha value is -2.30. The second-order valence-electron chi connectivity index (χ2n) is 6.75. The Bertz CT molecular complexity index is 997. The number of carbonyl (C=O) groups excluding carboxylic acids is 2. The van der Waals surface area contributed by atoms with E-state index in [0.29, 0.717) is 23.9 Å². The van der Waals surface area contributed by atoms with Crippen LogP contribution in [0.25, 0.3) is 0 Å². The van der Waals surface area contributed by atoms with Crippen molar-refractivity contribution in [3.05, 3.63) is 35.3 Å². The number of aryl methyl sites for hydroxylation is 1. The highest BCUT2D eigenvalue weighted by Gasteiger charge is 2.35. The first kappa shape index (κ1) is 21.4. The molecule has 0 aliphatic carbocycles. The molecule has 0 radical (unpaired) electrons. The molecule has 1 aromatic heterocycles. The second kappa shape index (κ2) is 8.60. The molecule has 0 bridgehead atoms. The van der Waals surface area contributed by atoms with E-state index in [4.69, 9.17) is 0 Å². The van der Waals surface area contributed by atoms with Gasteiger partial charge in [-0.05, 0) is 31.2 Å². The number of hydrogen-bond acceptors (Lipinski definition) is 6. The summed E-state index contributed by atoms with van der Waals surface area (Å²) in [5.74, 6) is -0.887. The lowest BCUT2D eigenvalue weighted by atomic mass is 10.1. The number of aromatic nitrogens is 1. The summed E-state index contributed by atoms with van der Waals surface area (Å²) in [5.41, 5.74) is 0.578. The molecule has 3 rings (SSSR count). The van der Waals surface area contributed by atoms with Crippen molar-refractivity contribution >= 4 is 44.0 Å². The topological polar surface area (TPSA) is 99.7 Å². The number of amides is 2. The predicted molar refractivity (Wildman–Crippen MR) is 112 cm³/mol. The molecule has 10 heteroatoms. The molecule has 1 aromatic carbocycles. The van der Waals surface area contributed by atoms with Gasteiger partial charge in [0.1, 0.15) is 0 Å². The van der Waals surface area contributed by atoms with Crippen LogP contribution in [0.2, 0.25) is 0 Å². The highest BCUT2D eigenvalue weighted by molar-refractivity contribution is 7.89. The van der Waals surface area contributed by atoms with Crippen LogP contribution < -0.4 is 10.2 Å². The van der Waals surface area contributed by atoms with E-state index >= 15 is 0 Å². The van der Waals surface area contributed by atoms with Gasteiger partial charge in [-0.3, -0.25) is 9.59 Å². The van der Waals surface area contributed by atoms with Crippen LogP contribution in [0.1, 0.15) is 25.1 Å². The van der Waals surface area contributed by atoms with Crippen LogP contribution in [0.15, 0.2) is 35.4 Å². The number of nitrogens with one attached hydrogen (secondary N) is 1. The number of hydrogen-bond donors (Lipinski definition) is 1. The summed E-state index contributed by atoms with van der Waals surface area (Å²) < 4.78 is 26.6. The quantitative estimate of drug-likeness (QED) is 0.719. The Morgan fingerprint density at radius 2 is 1.93 bits per heavy atom. The summed E-state index contributed by atoms with van der Waals surface area (Å²) >= 11 is 1.38. The van der Waals surface area contributed by atoms with Crippen LogP contribution >= 0.6 is 11.3 Å². The van der Waals surface area contributed by atoms with Crippen molar-refractivity contribution in [2.75, 3.05) is 29.9 Å². The maximum Gasteiger partial charge on any atom is 0.243 e. The molecule has 1 aliphatic heterocycles. The summed E-state index contributed by atoms with van der Waals surface area (Å²) in [6.07, 6.45) is 1.79. The van der Waals surface area contributed by atoms with Crippen molar-refractivity contribution in [2.45, 2.75) is 32.1 Å². The van der Waals surface area contributed by atoms with Gasteiger partial charge in [-0.2, -0.15) is 4.31 Å². The fourth-order valence-corrected chi connectivity index (χ4v) is 5.39. The second-order valence-corrected chi connectivity index (χ2v) is 9.93. The summed E-state index contributed by atoms with van der Waals surface area (Å²) in [6.45, 7) is 6.50. The third-order valence-electron chi connectivity index (χ3n) is 4.84. The lowest BCUT2D eigenvalue weighted by Gasteiger charge is -2.20. The molecular formula is C19H24N4O4S2. The molecular weight excluding hydrogens is 412 g/mol. The van der Waals surface area contributed by atoms with Crippen molar-refractivity contribution < 1.29 is 18.0 Å². The zero-order valence-electron chi connectivity index (χ0n) is 16.6. The van der Waals surface area contributed by atoms with Crippen molar-refractivity contribution in [3.8, 4) is 0 Å². The number of rotatable bonds is 7. The molecule has 0 unspecified atom stereocenters. The molecule has 8 nitrogen and oxygen atoms in total. The highest BCUT2D eigenvalue weighted by atomic mass is 32.2. The smallest absolute Gasteiger partial charge is 0.243 e. The third-order valence-corrected chi connectivity index (χ3v) is 7.73. The molecule has 2 amide bonds. The number of thiazole rings is 1. The van der Waals surface area contributed by atoms with Gasteiger partial charge < -0.3 is 10.2 Å². The first-order valence-corrected chi connectivity index (χ1v) is 11.7. The monoisotopic (exact) mass is 436 g/mol. The summed E-state index contributed by atoms with van der Waals surface area (Å²) in [4.78, 5) is 31.7. The number of nitrogens with zero attached hydrogens (tertiary/aromatic N) is 3. The van der Waals surface area contributed by atoms with Crippen LogP contribution in [0.4, 0.5) is 10.8 Å². The average Bonchev–Trinajstić information content (AvgIpc) is 3.28. The van der Waals surface area contributed by atoms with E-state index < -0.39 is 15.9 Å². The van der Waals surface area contributed by atoms with E-state index in [9.17, 15) is 18.0 Å². The molecule has 2 aromatic rings. The fourth-order valence-electron chi connectivity index (χ4n) is 3.26. The molecule has 156 valence electrons. The van der Waals surface area contributed by atoms with Gasteiger partial charge in [0.25, 0.3) is 0 Å². The first-order valence-electron chi connectivity index (χ1n) is 9.40. The molecule has 1 atom stereocenters. The molecule has 1 saturated heterocycles. The lowest BCUT2D eigenvalue weighted by molar-refractivity contribution is -0.122. The molecule has 0 saturated carbocycles. The van der Waals surface area contributed by atoms with Gasteiger partial charge in [-0.15, -0.1) is 11.3 Å². The van der Waals surface area contributed by atoms with Crippen molar-refractivity contribution in [2.24, 2.45) is 5.92 Å². The molecule has 1 aliphatic rings. The van der Waals surface area contributed by atoms with Crippen LogP contribution in [0.5, 0.6) is 0 Å². The Morgan fingerprint density at radius 1 is 1.28 bits per heavy atom. The van der Waals surface area contributed by atoms with Crippen LogP contribution in [-0.4, -0.2) is 49.2 Å². The third kappa shape index (κ3) is 4.49.